The molecule has 0 saturated heterocycles. The highest BCUT2D eigenvalue weighted by molar-refractivity contribution is 7.09. The third-order valence-corrected chi connectivity index (χ3v) is 3.79. The Bertz CT molecular complexity index is 556. The Balaban J connectivity index is 1.91. The first kappa shape index (κ1) is 14.7. The summed E-state index contributed by atoms with van der Waals surface area (Å²) in [7, 11) is 0. The van der Waals surface area contributed by atoms with Crippen LogP contribution in [0, 0.1) is 13.8 Å². The molecule has 0 radical (unpaired) electrons. The van der Waals surface area contributed by atoms with Crippen molar-refractivity contribution in [2.75, 3.05) is 18.5 Å². The average Bonchev–Trinajstić information content (AvgIpc) is 2.82. The lowest BCUT2D eigenvalue weighted by atomic mass is 10.3. The van der Waals surface area contributed by atoms with Crippen LogP contribution in [0.1, 0.15) is 29.7 Å². The molecule has 2 aromatic rings. The molecule has 0 saturated carbocycles. The van der Waals surface area contributed by atoms with Gasteiger partial charge in [-0.15, -0.1) is 11.3 Å². The van der Waals surface area contributed by atoms with Crippen LogP contribution < -0.4 is 10.1 Å². The Morgan fingerprint density at radius 1 is 1.30 bits per heavy atom. The van der Waals surface area contributed by atoms with E-state index in [0.717, 1.165) is 36.7 Å². The zero-order chi connectivity index (χ0) is 14.4. The smallest absolute Gasteiger partial charge is 0.218 e. The molecular formula is C14H20N4OS. The van der Waals surface area contributed by atoms with E-state index in [4.69, 9.17) is 4.74 Å². The van der Waals surface area contributed by atoms with Crippen molar-refractivity contribution in [2.45, 2.75) is 33.6 Å². The number of anilines is 1. The summed E-state index contributed by atoms with van der Waals surface area (Å²) >= 11 is 1.67. The fourth-order valence-corrected chi connectivity index (χ4v) is 2.53. The molecule has 0 aromatic carbocycles. The maximum Gasteiger partial charge on any atom is 0.218 e. The van der Waals surface area contributed by atoms with Crippen LogP contribution in [0.3, 0.4) is 0 Å². The molecule has 0 aliphatic carbocycles. The summed E-state index contributed by atoms with van der Waals surface area (Å²) < 4.78 is 5.72. The second-order valence-electron chi connectivity index (χ2n) is 4.52. The number of aromatic nitrogens is 3. The first-order valence-electron chi connectivity index (χ1n) is 6.80. The van der Waals surface area contributed by atoms with Crippen LogP contribution in [-0.2, 0) is 6.42 Å². The van der Waals surface area contributed by atoms with E-state index in [1.807, 2.05) is 25.4 Å². The van der Waals surface area contributed by atoms with Crippen LogP contribution in [0.4, 0.5) is 5.82 Å². The SMILES string of the molecule is CCCNc1cc(OCCc2scnc2C)nc(C)n1. The van der Waals surface area contributed by atoms with Gasteiger partial charge < -0.3 is 10.1 Å². The van der Waals surface area contributed by atoms with Crippen LogP contribution in [-0.4, -0.2) is 28.1 Å². The Hall–Kier alpha value is -1.69. The minimum absolute atomic E-state index is 0.604. The lowest BCUT2D eigenvalue weighted by Crippen LogP contribution is -2.07. The summed E-state index contributed by atoms with van der Waals surface area (Å²) in [5.41, 5.74) is 2.95. The zero-order valence-electron chi connectivity index (χ0n) is 12.1. The average molecular weight is 292 g/mol. The van der Waals surface area contributed by atoms with E-state index in [-0.39, 0.29) is 0 Å². The Labute approximate surface area is 123 Å². The molecule has 0 bridgehead atoms. The molecule has 108 valence electrons. The van der Waals surface area contributed by atoms with Crippen molar-refractivity contribution in [2.24, 2.45) is 0 Å². The Morgan fingerprint density at radius 3 is 2.85 bits per heavy atom. The molecule has 1 N–H and O–H groups in total. The summed E-state index contributed by atoms with van der Waals surface area (Å²) in [6.45, 7) is 7.52. The van der Waals surface area contributed by atoms with Crippen molar-refractivity contribution in [3.05, 3.63) is 28.0 Å². The van der Waals surface area contributed by atoms with Gasteiger partial charge in [0.1, 0.15) is 11.6 Å². The van der Waals surface area contributed by atoms with Crippen molar-refractivity contribution in [1.82, 2.24) is 15.0 Å². The van der Waals surface area contributed by atoms with Crippen LogP contribution >= 0.6 is 11.3 Å². The fourth-order valence-electron chi connectivity index (χ4n) is 1.77. The van der Waals surface area contributed by atoms with Crippen LogP contribution in [0.5, 0.6) is 5.88 Å². The van der Waals surface area contributed by atoms with Crippen molar-refractivity contribution < 1.29 is 4.74 Å². The third-order valence-electron chi connectivity index (χ3n) is 2.79. The van der Waals surface area contributed by atoms with Crippen molar-refractivity contribution in [3.63, 3.8) is 0 Å². The van der Waals surface area contributed by atoms with E-state index in [9.17, 15) is 0 Å². The molecular weight excluding hydrogens is 272 g/mol. The highest BCUT2D eigenvalue weighted by Crippen LogP contribution is 2.16. The van der Waals surface area contributed by atoms with Gasteiger partial charge in [0.2, 0.25) is 5.88 Å². The van der Waals surface area contributed by atoms with Gasteiger partial charge in [0.05, 0.1) is 17.8 Å². The molecule has 0 amide bonds. The van der Waals surface area contributed by atoms with E-state index >= 15 is 0 Å². The minimum atomic E-state index is 0.604. The molecule has 6 heteroatoms. The highest BCUT2D eigenvalue weighted by Gasteiger charge is 2.05. The summed E-state index contributed by atoms with van der Waals surface area (Å²) in [4.78, 5) is 14.1. The predicted octanol–water partition coefficient (Wildman–Crippen LogP) is 2.99. The Morgan fingerprint density at radius 2 is 2.15 bits per heavy atom. The molecule has 0 fully saturated rings. The van der Waals surface area contributed by atoms with Gasteiger partial charge in [-0.1, -0.05) is 6.92 Å². The zero-order valence-corrected chi connectivity index (χ0v) is 13.0. The fraction of sp³-hybridized carbons (Fsp3) is 0.500. The number of nitrogens with zero attached hydrogens (tertiary/aromatic N) is 3. The quantitative estimate of drug-likeness (QED) is 0.850. The van der Waals surface area contributed by atoms with Crippen LogP contribution in [0.15, 0.2) is 11.6 Å². The van der Waals surface area contributed by atoms with Gasteiger partial charge in [0.25, 0.3) is 0 Å². The topological polar surface area (TPSA) is 59.9 Å². The number of thiazole rings is 1. The molecule has 20 heavy (non-hydrogen) atoms. The van der Waals surface area contributed by atoms with Gasteiger partial charge >= 0.3 is 0 Å². The molecule has 2 rings (SSSR count). The van der Waals surface area contributed by atoms with E-state index in [1.54, 1.807) is 11.3 Å². The summed E-state index contributed by atoms with van der Waals surface area (Å²) in [5.74, 6) is 2.16. The number of rotatable bonds is 7. The predicted molar refractivity (Wildman–Crippen MR) is 81.6 cm³/mol. The summed E-state index contributed by atoms with van der Waals surface area (Å²) in [6.07, 6.45) is 1.92. The maximum absolute atomic E-state index is 5.72. The van der Waals surface area contributed by atoms with Gasteiger partial charge in [-0.05, 0) is 20.3 Å². The second kappa shape index (κ2) is 7.19. The lowest BCUT2D eigenvalue weighted by Gasteiger charge is -2.09. The largest absolute Gasteiger partial charge is 0.477 e. The standard InChI is InChI=1S/C14H20N4OS/c1-4-6-15-13-8-14(18-11(3)17-13)19-7-5-12-10(2)16-9-20-12/h8-9H,4-7H2,1-3H3,(H,15,17,18). The molecule has 2 heterocycles. The van der Waals surface area contributed by atoms with Gasteiger partial charge in [-0.25, -0.2) is 9.97 Å². The molecule has 0 unspecified atom stereocenters. The number of hydrogen-bond donors (Lipinski definition) is 1. The third kappa shape index (κ3) is 4.16. The van der Waals surface area contributed by atoms with Crippen molar-refractivity contribution in [1.29, 1.82) is 0 Å². The maximum atomic E-state index is 5.72. The van der Waals surface area contributed by atoms with Gasteiger partial charge in [0.15, 0.2) is 0 Å². The summed E-state index contributed by atoms with van der Waals surface area (Å²) in [5, 5.41) is 3.25. The van der Waals surface area contributed by atoms with E-state index in [2.05, 4.69) is 27.2 Å². The molecule has 0 spiro atoms. The van der Waals surface area contributed by atoms with Crippen molar-refractivity contribution in [3.8, 4) is 5.88 Å². The highest BCUT2D eigenvalue weighted by atomic mass is 32.1. The number of hydrogen-bond acceptors (Lipinski definition) is 6. The molecule has 0 aliphatic rings. The van der Waals surface area contributed by atoms with E-state index in [0.29, 0.717) is 12.5 Å². The first-order valence-corrected chi connectivity index (χ1v) is 7.68. The molecule has 0 aliphatic heterocycles. The number of ether oxygens (including phenoxy) is 1. The van der Waals surface area contributed by atoms with Crippen LogP contribution in [0.2, 0.25) is 0 Å². The summed E-state index contributed by atoms with van der Waals surface area (Å²) in [6, 6.07) is 1.85. The minimum Gasteiger partial charge on any atom is -0.477 e. The lowest BCUT2D eigenvalue weighted by molar-refractivity contribution is 0.309. The Kier molecular flexibility index (Phi) is 5.29. The van der Waals surface area contributed by atoms with E-state index in [1.165, 1.54) is 4.88 Å². The molecule has 5 nitrogen and oxygen atoms in total. The first-order chi connectivity index (χ1) is 9.69. The van der Waals surface area contributed by atoms with E-state index < -0.39 is 0 Å². The normalized spacial score (nSPS) is 10.6. The van der Waals surface area contributed by atoms with Gasteiger partial charge in [0, 0.05) is 23.9 Å². The van der Waals surface area contributed by atoms with Gasteiger partial charge in [-0.3, -0.25) is 0 Å². The van der Waals surface area contributed by atoms with Crippen molar-refractivity contribution >= 4 is 17.2 Å². The second-order valence-corrected chi connectivity index (χ2v) is 5.46. The van der Waals surface area contributed by atoms with Crippen LogP contribution in [0.25, 0.3) is 0 Å². The molecule has 2 aromatic heterocycles. The monoisotopic (exact) mass is 292 g/mol. The number of nitrogens with one attached hydrogen (secondary N) is 1. The molecule has 0 atom stereocenters. The van der Waals surface area contributed by atoms with Gasteiger partial charge in [-0.2, -0.15) is 4.98 Å². The number of aryl methyl sites for hydroxylation is 2.